The topological polar surface area (TPSA) is 0 Å². The van der Waals surface area contributed by atoms with Gasteiger partial charge in [-0.2, -0.15) is 0 Å². The van der Waals surface area contributed by atoms with Crippen LogP contribution < -0.4 is 0 Å². The molecule has 1 aromatic rings. The molecule has 0 nitrogen and oxygen atoms in total. The lowest BCUT2D eigenvalue weighted by Gasteiger charge is -2.25. The first-order valence-electron chi connectivity index (χ1n) is 6.35. The summed E-state index contributed by atoms with van der Waals surface area (Å²) in [4.78, 5) is 0. The van der Waals surface area contributed by atoms with E-state index in [2.05, 4.69) is 32.0 Å². The molecule has 1 fully saturated rings. The molecule has 1 aromatic carbocycles. The summed E-state index contributed by atoms with van der Waals surface area (Å²) >= 11 is 6.24. The van der Waals surface area contributed by atoms with Crippen LogP contribution >= 0.6 is 11.6 Å². The molecule has 1 aliphatic carbocycles. The van der Waals surface area contributed by atoms with Gasteiger partial charge in [0.2, 0.25) is 0 Å². The summed E-state index contributed by atoms with van der Waals surface area (Å²) in [6.45, 7) is 4.36. The predicted octanol–water partition coefficient (Wildman–Crippen LogP) is 4.64. The summed E-state index contributed by atoms with van der Waals surface area (Å²) in [5, 5.41) is 0.421. The Labute approximate surface area is 104 Å². The van der Waals surface area contributed by atoms with E-state index in [1.165, 1.54) is 48.8 Å². The van der Waals surface area contributed by atoms with Crippen molar-refractivity contribution in [2.75, 3.05) is 0 Å². The normalized spacial score (nSPS) is 25.7. The van der Waals surface area contributed by atoms with Gasteiger partial charge in [-0.15, -0.1) is 11.6 Å². The summed E-state index contributed by atoms with van der Waals surface area (Å²) in [5.41, 5.74) is 4.26. The molecule has 1 saturated carbocycles. The zero-order valence-corrected chi connectivity index (χ0v) is 11.1. The molecule has 0 aromatic heterocycles. The van der Waals surface area contributed by atoms with Gasteiger partial charge >= 0.3 is 0 Å². The Kier molecular flexibility index (Phi) is 3.91. The highest BCUT2D eigenvalue weighted by Gasteiger charge is 2.20. The Bertz CT molecular complexity index is 336. The lowest BCUT2D eigenvalue weighted by Crippen LogP contribution is -2.17. The number of hydrogen-bond donors (Lipinski definition) is 0. The van der Waals surface area contributed by atoms with Crippen LogP contribution in [-0.2, 0) is 6.42 Å². The van der Waals surface area contributed by atoms with Gasteiger partial charge in [0.05, 0.1) is 0 Å². The van der Waals surface area contributed by atoms with Crippen LogP contribution in [0.4, 0.5) is 0 Å². The zero-order valence-electron chi connectivity index (χ0n) is 10.3. The average molecular weight is 237 g/mol. The van der Waals surface area contributed by atoms with Gasteiger partial charge in [0.15, 0.2) is 0 Å². The molecule has 0 aliphatic heterocycles. The van der Waals surface area contributed by atoms with E-state index in [9.17, 15) is 0 Å². The monoisotopic (exact) mass is 236 g/mol. The maximum Gasteiger partial charge on any atom is 0.0338 e. The molecular weight excluding hydrogens is 216 g/mol. The van der Waals surface area contributed by atoms with E-state index in [4.69, 9.17) is 11.6 Å². The number of rotatable bonds is 2. The third-order valence-electron chi connectivity index (χ3n) is 3.52. The Morgan fingerprint density at radius 1 is 1.12 bits per heavy atom. The SMILES string of the molecule is Cc1cc(C)cc(CC2CCCC(Cl)C2)c1. The quantitative estimate of drug-likeness (QED) is 0.656. The summed E-state index contributed by atoms with van der Waals surface area (Å²) < 4.78 is 0. The summed E-state index contributed by atoms with van der Waals surface area (Å²) in [6, 6.07) is 6.89. The van der Waals surface area contributed by atoms with Gasteiger partial charge < -0.3 is 0 Å². The molecule has 0 heterocycles. The highest BCUT2D eigenvalue weighted by Crippen LogP contribution is 2.30. The lowest BCUT2D eigenvalue weighted by atomic mass is 9.84. The van der Waals surface area contributed by atoms with Crippen molar-refractivity contribution < 1.29 is 0 Å². The van der Waals surface area contributed by atoms with Crippen LogP contribution in [0.3, 0.4) is 0 Å². The third kappa shape index (κ3) is 3.25. The molecule has 1 aliphatic rings. The highest BCUT2D eigenvalue weighted by molar-refractivity contribution is 6.20. The molecule has 88 valence electrons. The van der Waals surface area contributed by atoms with E-state index >= 15 is 0 Å². The van der Waals surface area contributed by atoms with Crippen LogP contribution in [0.25, 0.3) is 0 Å². The van der Waals surface area contributed by atoms with Crippen molar-refractivity contribution in [1.29, 1.82) is 0 Å². The van der Waals surface area contributed by atoms with Crippen LogP contribution in [0.1, 0.15) is 42.4 Å². The number of aryl methyl sites for hydroxylation is 2. The van der Waals surface area contributed by atoms with Gasteiger partial charge in [-0.3, -0.25) is 0 Å². The van der Waals surface area contributed by atoms with Crippen LogP contribution in [0, 0.1) is 19.8 Å². The molecule has 0 saturated heterocycles. The van der Waals surface area contributed by atoms with Crippen molar-refractivity contribution in [2.24, 2.45) is 5.92 Å². The smallest absolute Gasteiger partial charge is 0.0338 e. The van der Waals surface area contributed by atoms with Crippen molar-refractivity contribution in [2.45, 2.75) is 51.3 Å². The zero-order chi connectivity index (χ0) is 11.5. The first kappa shape index (κ1) is 12.0. The molecule has 1 heteroatoms. The second-order valence-electron chi connectivity index (χ2n) is 5.33. The maximum atomic E-state index is 6.24. The highest BCUT2D eigenvalue weighted by atomic mass is 35.5. The maximum absolute atomic E-state index is 6.24. The van der Waals surface area contributed by atoms with E-state index in [-0.39, 0.29) is 0 Å². The van der Waals surface area contributed by atoms with Crippen molar-refractivity contribution in [3.05, 3.63) is 34.9 Å². The van der Waals surface area contributed by atoms with E-state index < -0.39 is 0 Å². The predicted molar refractivity (Wildman–Crippen MR) is 71.2 cm³/mol. The molecule has 0 N–H and O–H groups in total. The van der Waals surface area contributed by atoms with Crippen LogP contribution in [0.15, 0.2) is 18.2 Å². The van der Waals surface area contributed by atoms with Crippen molar-refractivity contribution in [1.82, 2.24) is 0 Å². The van der Waals surface area contributed by atoms with Gasteiger partial charge in [0.25, 0.3) is 0 Å². The van der Waals surface area contributed by atoms with Gasteiger partial charge in [-0.1, -0.05) is 42.2 Å². The number of benzene rings is 1. The molecule has 16 heavy (non-hydrogen) atoms. The minimum absolute atomic E-state index is 0.421. The fourth-order valence-corrected chi connectivity index (χ4v) is 3.34. The average Bonchev–Trinajstić information content (AvgIpc) is 2.15. The summed E-state index contributed by atoms with van der Waals surface area (Å²) in [6.07, 6.45) is 6.30. The van der Waals surface area contributed by atoms with E-state index in [1.54, 1.807) is 0 Å². The van der Waals surface area contributed by atoms with Crippen molar-refractivity contribution in [3.63, 3.8) is 0 Å². The minimum atomic E-state index is 0.421. The van der Waals surface area contributed by atoms with E-state index in [0.717, 1.165) is 5.92 Å². The van der Waals surface area contributed by atoms with Crippen LogP contribution in [-0.4, -0.2) is 5.38 Å². The molecule has 2 rings (SSSR count). The lowest BCUT2D eigenvalue weighted by molar-refractivity contribution is 0.361. The van der Waals surface area contributed by atoms with Crippen LogP contribution in [0.5, 0.6) is 0 Å². The molecule has 0 amide bonds. The largest absolute Gasteiger partial charge is 0.123 e. The van der Waals surface area contributed by atoms with Gasteiger partial charge in [-0.25, -0.2) is 0 Å². The third-order valence-corrected chi connectivity index (χ3v) is 3.92. The Morgan fingerprint density at radius 3 is 2.44 bits per heavy atom. The molecule has 0 radical (unpaired) electrons. The van der Waals surface area contributed by atoms with Crippen LogP contribution in [0.2, 0.25) is 0 Å². The van der Waals surface area contributed by atoms with Gasteiger partial charge in [-0.05, 0) is 44.6 Å². The molecule has 2 unspecified atom stereocenters. The van der Waals surface area contributed by atoms with Gasteiger partial charge in [0.1, 0.15) is 0 Å². The van der Waals surface area contributed by atoms with Crippen molar-refractivity contribution in [3.8, 4) is 0 Å². The van der Waals surface area contributed by atoms with Crippen molar-refractivity contribution >= 4 is 11.6 Å². The Balaban J connectivity index is 2.02. The second-order valence-corrected chi connectivity index (χ2v) is 5.95. The number of hydrogen-bond acceptors (Lipinski definition) is 0. The first-order chi connectivity index (χ1) is 7.63. The molecule has 0 bridgehead atoms. The summed E-state index contributed by atoms with van der Waals surface area (Å²) in [7, 11) is 0. The van der Waals surface area contributed by atoms with E-state index in [0.29, 0.717) is 5.38 Å². The fraction of sp³-hybridized carbons (Fsp3) is 0.600. The van der Waals surface area contributed by atoms with Gasteiger partial charge in [0, 0.05) is 5.38 Å². The standard InChI is InChI=1S/C15H21Cl/c1-11-6-12(2)8-14(7-11)9-13-4-3-5-15(16)10-13/h6-8,13,15H,3-5,9-10H2,1-2H3. The fourth-order valence-electron chi connectivity index (χ4n) is 2.93. The first-order valence-corrected chi connectivity index (χ1v) is 6.78. The summed E-state index contributed by atoms with van der Waals surface area (Å²) in [5.74, 6) is 0.803. The number of halogens is 1. The molecule has 0 spiro atoms. The minimum Gasteiger partial charge on any atom is -0.123 e. The number of alkyl halides is 1. The Morgan fingerprint density at radius 2 is 1.81 bits per heavy atom. The Hall–Kier alpha value is -0.490. The molecule has 2 atom stereocenters. The second kappa shape index (κ2) is 5.23. The van der Waals surface area contributed by atoms with E-state index in [1.807, 2.05) is 0 Å². The molecular formula is C15H21Cl.